The first-order chi connectivity index (χ1) is 4.50. The predicted molar refractivity (Wildman–Crippen MR) is 50.3 cm³/mol. The van der Waals surface area contributed by atoms with Crippen LogP contribution in [0.4, 0.5) is 0 Å². The van der Waals surface area contributed by atoms with Crippen molar-refractivity contribution in [3.63, 3.8) is 0 Å². The lowest BCUT2D eigenvalue weighted by Gasteiger charge is -1.74. The molecule has 1 heteroatoms. The molecule has 0 aliphatic carbocycles. The van der Waals surface area contributed by atoms with E-state index < -0.39 is 0 Å². The van der Waals surface area contributed by atoms with Crippen LogP contribution in [0.2, 0.25) is 0 Å². The summed E-state index contributed by atoms with van der Waals surface area (Å²) in [6.07, 6.45) is 1.74. The lowest BCUT2D eigenvalue weighted by Crippen LogP contribution is -1.52. The third-order valence-electron chi connectivity index (χ3n) is 0.348. The summed E-state index contributed by atoms with van der Waals surface area (Å²) in [5.41, 5.74) is 3.59. The van der Waals surface area contributed by atoms with Gasteiger partial charge in [-0.2, -0.15) is 0 Å². The number of hydrogen-bond acceptors (Lipinski definition) is 0. The highest BCUT2D eigenvalue weighted by molar-refractivity contribution is 6.25. The molecule has 0 rings (SSSR count). The van der Waals surface area contributed by atoms with Crippen LogP contribution in [-0.4, -0.2) is 0 Å². The minimum Gasteiger partial charge on any atom is -0.100 e. The summed E-state index contributed by atoms with van der Waals surface area (Å²) in [5, 5.41) is 0. The maximum Gasteiger partial charge on any atom is 0.00448 e. The summed E-state index contributed by atoms with van der Waals surface area (Å²) in [7, 11) is 0. The summed E-state index contributed by atoms with van der Waals surface area (Å²) < 4.78 is 0. The standard InChI is InChI=1S/C5H7Cl.C4H8/c1-5(2)3-4-6;1-4(2)3/h3-4H,1H2,2H3;1H2,2-3H3. The summed E-state index contributed by atoms with van der Waals surface area (Å²) >= 11 is 5.16. The lowest BCUT2D eigenvalue weighted by atomic mass is 10.4. The molecule has 0 saturated heterocycles. The second kappa shape index (κ2) is 8.51. The molecule has 0 aromatic heterocycles. The Balaban J connectivity index is 0. The maximum atomic E-state index is 5.16. The fourth-order valence-electron chi connectivity index (χ4n) is 0.108. The van der Waals surface area contributed by atoms with Crippen molar-refractivity contribution in [1.29, 1.82) is 0 Å². The second-order valence-electron chi connectivity index (χ2n) is 2.35. The molecule has 0 radical (unpaired) electrons. The van der Waals surface area contributed by atoms with Gasteiger partial charge in [0, 0.05) is 5.54 Å². The van der Waals surface area contributed by atoms with Crippen LogP contribution in [0, 0.1) is 0 Å². The molecule has 0 saturated carbocycles. The molecule has 0 fully saturated rings. The summed E-state index contributed by atoms with van der Waals surface area (Å²) in [4.78, 5) is 0. The van der Waals surface area contributed by atoms with Gasteiger partial charge in [0.15, 0.2) is 0 Å². The van der Waals surface area contributed by atoms with Crippen molar-refractivity contribution in [1.82, 2.24) is 0 Å². The van der Waals surface area contributed by atoms with Gasteiger partial charge in [0.05, 0.1) is 0 Å². The van der Waals surface area contributed by atoms with E-state index in [1.165, 1.54) is 11.1 Å². The van der Waals surface area contributed by atoms with E-state index in [-0.39, 0.29) is 0 Å². The monoisotopic (exact) mass is 158 g/mol. The van der Waals surface area contributed by atoms with Crippen LogP contribution in [-0.2, 0) is 0 Å². The number of hydrogen-bond donors (Lipinski definition) is 0. The number of rotatable bonds is 1. The smallest absolute Gasteiger partial charge is 0.00448 e. The van der Waals surface area contributed by atoms with Crippen molar-refractivity contribution in [2.75, 3.05) is 0 Å². The quantitative estimate of drug-likeness (QED) is 0.401. The Morgan fingerprint density at radius 1 is 1.20 bits per heavy atom. The van der Waals surface area contributed by atoms with E-state index in [1.54, 1.807) is 6.08 Å². The Bertz CT molecular complexity index is 128. The average Bonchev–Trinajstić information content (AvgIpc) is 1.62. The third kappa shape index (κ3) is 50.5. The first-order valence-electron chi connectivity index (χ1n) is 3.05. The van der Waals surface area contributed by atoms with Crippen molar-refractivity contribution in [2.24, 2.45) is 0 Å². The van der Waals surface area contributed by atoms with E-state index >= 15 is 0 Å². The van der Waals surface area contributed by atoms with Gasteiger partial charge in [0.2, 0.25) is 0 Å². The molecule has 0 aromatic carbocycles. The summed E-state index contributed by atoms with van der Waals surface area (Å²) in [6, 6.07) is 0. The van der Waals surface area contributed by atoms with Gasteiger partial charge in [-0.1, -0.05) is 29.3 Å². The number of halogens is 1. The van der Waals surface area contributed by atoms with E-state index in [0.717, 1.165) is 5.57 Å². The van der Waals surface area contributed by atoms with Gasteiger partial charge in [-0.3, -0.25) is 0 Å². The van der Waals surface area contributed by atoms with Crippen LogP contribution in [0.15, 0.2) is 35.9 Å². The normalized spacial score (nSPS) is 8.40. The molecule has 0 amide bonds. The van der Waals surface area contributed by atoms with Crippen molar-refractivity contribution in [3.8, 4) is 0 Å². The molecule has 10 heavy (non-hydrogen) atoms. The first-order valence-corrected chi connectivity index (χ1v) is 3.48. The van der Waals surface area contributed by atoms with Gasteiger partial charge >= 0.3 is 0 Å². The summed E-state index contributed by atoms with van der Waals surface area (Å²) in [5.74, 6) is 0. The molecule has 0 atom stereocenters. The fraction of sp³-hybridized carbons (Fsp3) is 0.333. The van der Waals surface area contributed by atoms with Gasteiger partial charge in [-0.25, -0.2) is 0 Å². The Morgan fingerprint density at radius 3 is 1.50 bits per heavy atom. The zero-order chi connectivity index (χ0) is 8.57. The topological polar surface area (TPSA) is 0 Å². The van der Waals surface area contributed by atoms with Gasteiger partial charge in [-0.05, 0) is 26.8 Å². The van der Waals surface area contributed by atoms with Gasteiger partial charge in [0.1, 0.15) is 0 Å². The van der Waals surface area contributed by atoms with Crippen LogP contribution >= 0.6 is 11.6 Å². The SMILES string of the molecule is C=C(C)C.C=C(C)C=CCl. The van der Waals surface area contributed by atoms with E-state index in [1.807, 2.05) is 20.8 Å². The van der Waals surface area contributed by atoms with Crippen molar-refractivity contribution < 1.29 is 0 Å². The number of allylic oxidation sites excluding steroid dienone is 3. The van der Waals surface area contributed by atoms with Gasteiger partial charge in [-0.15, -0.1) is 6.58 Å². The second-order valence-corrected chi connectivity index (χ2v) is 2.60. The third-order valence-corrected chi connectivity index (χ3v) is 0.474. The Kier molecular flexibility index (Phi) is 10.4. The maximum absolute atomic E-state index is 5.16. The minimum absolute atomic E-state index is 0.977. The van der Waals surface area contributed by atoms with Crippen LogP contribution in [0.5, 0.6) is 0 Å². The van der Waals surface area contributed by atoms with Crippen LogP contribution < -0.4 is 0 Å². The van der Waals surface area contributed by atoms with Gasteiger partial charge in [0.25, 0.3) is 0 Å². The predicted octanol–water partition coefficient (Wildman–Crippen LogP) is 3.90. The van der Waals surface area contributed by atoms with Crippen LogP contribution in [0.25, 0.3) is 0 Å². The molecule has 0 nitrogen and oxygen atoms in total. The lowest BCUT2D eigenvalue weighted by molar-refractivity contribution is 1.42. The zero-order valence-electron chi connectivity index (χ0n) is 6.95. The molecule has 58 valence electrons. The molecule has 0 heterocycles. The van der Waals surface area contributed by atoms with Crippen molar-refractivity contribution in [2.45, 2.75) is 20.8 Å². The highest BCUT2D eigenvalue weighted by atomic mass is 35.5. The van der Waals surface area contributed by atoms with Gasteiger partial charge < -0.3 is 0 Å². The Hall–Kier alpha value is -0.490. The van der Waals surface area contributed by atoms with E-state index in [2.05, 4.69) is 13.2 Å². The molecular weight excluding hydrogens is 144 g/mol. The molecular formula is C9H15Cl. The molecule has 0 N–H and O–H groups in total. The zero-order valence-corrected chi connectivity index (χ0v) is 7.70. The van der Waals surface area contributed by atoms with E-state index in [4.69, 9.17) is 11.6 Å². The van der Waals surface area contributed by atoms with E-state index in [0.29, 0.717) is 0 Å². The molecule has 0 unspecified atom stereocenters. The highest BCUT2D eigenvalue weighted by Gasteiger charge is 1.65. The molecule has 0 aliphatic heterocycles. The fourth-order valence-corrected chi connectivity index (χ4v) is 0.323. The molecule has 0 aliphatic rings. The largest absolute Gasteiger partial charge is 0.100 e. The van der Waals surface area contributed by atoms with Crippen molar-refractivity contribution >= 4 is 11.6 Å². The molecule has 0 aromatic rings. The van der Waals surface area contributed by atoms with Crippen LogP contribution in [0.1, 0.15) is 20.8 Å². The molecule has 0 spiro atoms. The minimum atomic E-state index is 0.977. The van der Waals surface area contributed by atoms with Crippen LogP contribution in [0.3, 0.4) is 0 Å². The van der Waals surface area contributed by atoms with Crippen molar-refractivity contribution in [3.05, 3.63) is 35.9 Å². The van der Waals surface area contributed by atoms with E-state index in [9.17, 15) is 0 Å². The molecule has 0 bridgehead atoms. The highest BCUT2D eigenvalue weighted by Crippen LogP contribution is 1.88. The average molecular weight is 159 g/mol. The summed E-state index contributed by atoms with van der Waals surface area (Å²) in [6.45, 7) is 13.0. The first kappa shape index (κ1) is 12.2. The Morgan fingerprint density at radius 2 is 1.50 bits per heavy atom. The Labute approximate surface area is 68.9 Å².